The molecule has 2 aromatic rings. The molecule has 4 N–H and O–H groups in total. The van der Waals surface area contributed by atoms with Gasteiger partial charge in [-0.2, -0.15) is 15.0 Å². The first-order valence-electron chi connectivity index (χ1n) is 5.56. The standard InChI is InChI=1S/C11H15N7S/c1-18(2)11-16-9(15-10(13)17-11)6-19-7-3-4-8(12)14-5-7/h3-5H,6H2,1-2H3,(H2,12,14)(H2,13,15,16,17). The van der Waals surface area contributed by atoms with Crippen molar-refractivity contribution in [2.75, 3.05) is 30.5 Å². The van der Waals surface area contributed by atoms with E-state index in [4.69, 9.17) is 11.5 Å². The predicted octanol–water partition coefficient (Wildman–Crippen LogP) is 0.789. The van der Waals surface area contributed by atoms with Crippen molar-refractivity contribution in [3.8, 4) is 0 Å². The highest BCUT2D eigenvalue weighted by Gasteiger charge is 2.06. The van der Waals surface area contributed by atoms with Gasteiger partial charge in [0.2, 0.25) is 11.9 Å². The lowest BCUT2D eigenvalue weighted by Crippen LogP contribution is -2.15. The van der Waals surface area contributed by atoms with E-state index in [2.05, 4.69) is 19.9 Å². The highest BCUT2D eigenvalue weighted by atomic mass is 32.2. The molecule has 100 valence electrons. The Kier molecular flexibility index (Phi) is 4.00. The lowest BCUT2D eigenvalue weighted by atomic mass is 10.5. The van der Waals surface area contributed by atoms with E-state index in [9.17, 15) is 0 Å². The summed E-state index contributed by atoms with van der Waals surface area (Å²) in [6.45, 7) is 0. The molecule has 0 bridgehead atoms. The molecule has 0 atom stereocenters. The van der Waals surface area contributed by atoms with Crippen LogP contribution in [0.15, 0.2) is 23.2 Å². The van der Waals surface area contributed by atoms with Crippen LogP contribution in [-0.4, -0.2) is 34.0 Å². The Morgan fingerprint density at radius 3 is 2.58 bits per heavy atom. The first-order valence-corrected chi connectivity index (χ1v) is 6.55. The van der Waals surface area contributed by atoms with Gasteiger partial charge < -0.3 is 16.4 Å². The molecule has 0 aliphatic carbocycles. The Bertz CT molecular complexity index is 555. The van der Waals surface area contributed by atoms with Crippen LogP contribution in [0.5, 0.6) is 0 Å². The van der Waals surface area contributed by atoms with Crippen LogP contribution in [0.2, 0.25) is 0 Å². The van der Waals surface area contributed by atoms with Crippen molar-refractivity contribution in [2.45, 2.75) is 10.6 Å². The molecule has 0 fully saturated rings. The summed E-state index contributed by atoms with van der Waals surface area (Å²) >= 11 is 1.57. The molecule has 0 saturated heterocycles. The largest absolute Gasteiger partial charge is 0.384 e. The number of rotatable bonds is 4. The fraction of sp³-hybridized carbons (Fsp3) is 0.273. The minimum Gasteiger partial charge on any atom is -0.384 e. The number of nitrogens with two attached hydrogens (primary N) is 2. The summed E-state index contributed by atoms with van der Waals surface area (Å²) in [6, 6.07) is 3.67. The molecule has 0 spiro atoms. The highest BCUT2D eigenvalue weighted by Crippen LogP contribution is 2.21. The number of aromatic nitrogens is 4. The van der Waals surface area contributed by atoms with Crippen LogP contribution in [0.1, 0.15) is 5.82 Å². The average Bonchev–Trinajstić information content (AvgIpc) is 2.37. The Morgan fingerprint density at radius 2 is 1.95 bits per heavy atom. The number of thioether (sulfide) groups is 1. The number of anilines is 3. The summed E-state index contributed by atoms with van der Waals surface area (Å²) in [5.74, 6) is 2.52. The fourth-order valence-corrected chi connectivity index (χ4v) is 2.03. The molecule has 0 unspecified atom stereocenters. The molecule has 2 rings (SSSR count). The van der Waals surface area contributed by atoms with Gasteiger partial charge in [0.25, 0.3) is 0 Å². The minimum absolute atomic E-state index is 0.227. The quantitative estimate of drug-likeness (QED) is 0.790. The molecule has 19 heavy (non-hydrogen) atoms. The van der Waals surface area contributed by atoms with E-state index in [1.54, 1.807) is 28.9 Å². The van der Waals surface area contributed by atoms with Crippen molar-refractivity contribution < 1.29 is 0 Å². The third-order valence-corrected chi connectivity index (χ3v) is 3.19. The van der Waals surface area contributed by atoms with Crippen molar-refractivity contribution in [2.24, 2.45) is 0 Å². The molecule has 0 amide bonds. The third-order valence-electron chi connectivity index (χ3n) is 2.21. The van der Waals surface area contributed by atoms with Crippen molar-refractivity contribution in [3.63, 3.8) is 0 Å². The van der Waals surface area contributed by atoms with E-state index < -0.39 is 0 Å². The number of hydrogen-bond acceptors (Lipinski definition) is 8. The second-order valence-electron chi connectivity index (χ2n) is 4.01. The first kappa shape index (κ1) is 13.3. The van der Waals surface area contributed by atoms with Crippen LogP contribution >= 0.6 is 11.8 Å². The zero-order valence-electron chi connectivity index (χ0n) is 10.7. The van der Waals surface area contributed by atoms with Gasteiger partial charge in [-0.3, -0.25) is 0 Å². The average molecular weight is 277 g/mol. The van der Waals surface area contributed by atoms with Crippen LogP contribution in [0, 0.1) is 0 Å². The van der Waals surface area contributed by atoms with E-state index in [0.717, 1.165) is 4.90 Å². The molecule has 2 heterocycles. The van der Waals surface area contributed by atoms with Gasteiger partial charge in [-0.25, -0.2) is 4.98 Å². The maximum atomic E-state index is 5.66. The monoisotopic (exact) mass is 277 g/mol. The van der Waals surface area contributed by atoms with Gasteiger partial charge in [0, 0.05) is 25.2 Å². The van der Waals surface area contributed by atoms with Crippen LogP contribution in [0.3, 0.4) is 0 Å². The van der Waals surface area contributed by atoms with Gasteiger partial charge in [-0.1, -0.05) is 0 Å². The van der Waals surface area contributed by atoms with Crippen molar-refractivity contribution in [1.82, 2.24) is 19.9 Å². The molecule has 0 aliphatic rings. The predicted molar refractivity (Wildman–Crippen MR) is 76.8 cm³/mol. The molecule has 7 nitrogen and oxygen atoms in total. The zero-order chi connectivity index (χ0) is 13.8. The summed E-state index contributed by atoms with van der Waals surface area (Å²) < 4.78 is 0. The first-order chi connectivity index (χ1) is 9.04. The number of hydrogen-bond donors (Lipinski definition) is 2. The summed E-state index contributed by atoms with van der Waals surface area (Å²) in [7, 11) is 3.71. The summed E-state index contributed by atoms with van der Waals surface area (Å²) in [6.07, 6.45) is 1.72. The number of nitrogen functional groups attached to an aromatic ring is 2. The molecule has 2 aromatic heterocycles. The van der Waals surface area contributed by atoms with E-state index in [0.29, 0.717) is 23.3 Å². The topological polar surface area (TPSA) is 107 Å². The molecular weight excluding hydrogens is 262 g/mol. The van der Waals surface area contributed by atoms with Crippen LogP contribution in [0.25, 0.3) is 0 Å². The lowest BCUT2D eigenvalue weighted by molar-refractivity contribution is 0.919. The third kappa shape index (κ3) is 3.68. The lowest BCUT2D eigenvalue weighted by Gasteiger charge is -2.11. The van der Waals surface area contributed by atoms with Gasteiger partial charge in [0.15, 0.2) is 0 Å². The maximum absolute atomic E-state index is 5.66. The van der Waals surface area contributed by atoms with Gasteiger partial charge >= 0.3 is 0 Å². The molecular formula is C11H15N7S. The van der Waals surface area contributed by atoms with E-state index in [1.807, 2.05) is 20.2 Å². The van der Waals surface area contributed by atoms with Gasteiger partial charge in [0.05, 0.1) is 5.75 Å². The Hall–Kier alpha value is -2.09. The van der Waals surface area contributed by atoms with E-state index >= 15 is 0 Å². The van der Waals surface area contributed by atoms with Gasteiger partial charge in [0.1, 0.15) is 11.6 Å². The van der Waals surface area contributed by atoms with Crippen LogP contribution in [0.4, 0.5) is 17.7 Å². The molecule has 0 saturated carbocycles. The molecule has 8 heteroatoms. The Morgan fingerprint density at radius 1 is 1.16 bits per heavy atom. The smallest absolute Gasteiger partial charge is 0.229 e. The van der Waals surface area contributed by atoms with Crippen LogP contribution in [-0.2, 0) is 5.75 Å². The van der Waals surface area contributed by atoms with Crippen molar-refractivity contribution >= 4 is 29.5 Å². The second-order valence-corrected chi connectivity index (χ2v) is 5.06. The van der Waals surface area contributed by atoms with Gasteiger partial charge in [-0.15, -0.1) is 11.8 Å². The Balaban J connectivity index is 2.08. The zero-order valence-corrected chi connectivity index (χ0v) is 11.6. The van der Waals surface area contributed by atoms with E-state index in [-0.39, 0.29) is 5.95 Å². The van der Waals surface area contributed by atoms with Gasteiger partial charge in [-0.05, 0) is 12.1 Å². The van der Waals surface area contributed by atoms with Crippen molar-refractivity contribution in [1.29, 1.82) is 0 Å². The van der Waals surface area contributed by atoms with Crippen LogP contribution < -0.4 is 16.4 Å². The minimum atomic E-state index is 0.227. The second kappa shape index (κ2) is 5.70. The molecule has 0 aliphatic heterocycles. The maximum Gasteiger partial charge on any atom is 0.229 e. The number of pyridine rings is 1. The van der Waals surface area contributed by atoms with E-state index in [1.165, 1.54) is 0 Å². The Labute approximate surface area is 115 Å². The summed E-state index contributed by atoms with van der Waals surface area (Å²) in [4.78, 5) is 19.3. The highest BCUT2D eigenvalue weighted by molar-refractivity contribution is 7.98. The number of nitrogens with zero attached hydrogens (tertiary/aromatic N) is 5. The fourth-order valence-electron chi connectivity index (χ4n) is 1.31. The molecule has 0 radical (unpaired) electrons. The normalized spacial score (nSPS) is 10.4. The molecule has 0 aromatic carbocycles. The van der Waals surface area contributed by atoms with Crippen molar-refractivity contribution in [3.05, 3.63) is 24.2 Å². The summed E-state index contributed by atoms with van der Waals surface area (Å²) in [5, 5.41) is 0. The summed E-state index contributed by atoms with van der Waals surface area (Å²) in [5.41, 5.74) is 11.2. The SMILES string of the molecule is CN(C)c1nc(N)nc(CSc2ccc(N)nc2)n1.